The van der Waals surface area contributed by atoms with E-state index in [1.54, 1.807) is 14.2 Å². The first-order valence-electron chi connectivity index (χ1n) is 6.78. The number of methoxy groups -OCH3 is 2. The molecule has 0 spiro atoms. The smallest absolute Gasteiger partial charge is 0.169 e. The molecular weight excluding hydrogens is 334 g/mol. The average Bonchev–Trinajstić information content (AvgIpc) is 2.93. The number of hydrogen-bond acceptors (Lipinski definition) is 4. The van der Waals surface area contributed by atoms with Crippen molar-refractivity contribution in [3.8, 4) is 11.5 Å². The molecule has 5 heteroatoms. The predicted molar refractivity (Wildman–Crippen MR) is 85.9 cm³/mol. The number of benzene rings is 1. The molecule has 21 heavy (non-hydrogen) atoms. The monoisotopic (exact) mass is 353 g/mol. The lowest BCUT2D eigenvalue weighted by atomic mass is 10.1. The molecule has 4 nitrogen and oxygen atoms in total. The second-order valence-corrected chi connectivity index (χ2v) is 5.64. The van der Waals surface area contributed by atoms with E-state index in [1.807, 2.05) is 30.3 Å². The SMILES string of the molecule is COc1ccc(C(C)NC(C)c2ccc(Br)o2)c(OC)c1. The van der Waals surface area contributed by atoms with Crippen LogP contribution in [-0.4, -0.2) is 14.2 Å². The van der Waals surface area contributed by atoms with Gasteiger partial charge in [0.15, 0.2) is 4.67 Å². The first-order chi connectivity index (χ1) is 10.0. The van der Waals surface area contributed by atoms with E-state index in [2.05, 4.69) is 35.1 Å². The fourth-order valence-electron chi connectivity index (χ4n) is 2.28. The van der Waals surface area contributed by atoms with E-state index in [4.69, 9.17) is 13.9 Å². The molecule has 114 valence electrons. The van der Waals surface area contributed by atoms with Crippen molar-refractivity contribution < 1.29 is 13.9 Å². The highest BCUT2D eigenvalue weighted by Crippen LogP contribution is 2.31. The van der Waals surface area contributed by atoms with E-state index >= 15 is 0 Å². The van der Waals surface area contributed by atoms with Crippen LogP contribution in [0.4, 0.5) is 0 Å². The quantitative estimate of drug-likeness (QED) is 0.831. The van der Waals surface area contributed by atoms with Crippen LogP contribution in [0.2, 0.25) is 0 Å². The van der Waals surface area contributed by atoms with Gasteiger partial charge in [-0.1, -0.05) is 6.07 Å². The van der Waals surface area contributed by atoms with Crippen LogP contribution in [0.3, 0.4) is 0 Å². The predicted octanol–water partition coefficient (Wildman–Crippen LogP) is 4.47. The molecular formula is C16H20BrNO3. The molecule has 0 saturated carbocycles. The van der Waals surface area contributed by atoms with Crippen molar-refractivity contribution in [1.82, 2.24) is 5.32 Å². The molecule has 0 aliphatic heterocycles. The minimum absolute atomic E-state index is 0.0955. The summed E-state index contributed by atoms with van der Waals surface area (Å²) in [5.41, 5.74) is 1.08. The summed E-state index contributed by atoms with van der Waals surface area (Å²) in [7, 11) is 3.31. The van der Waals surface area contributed by atoms with Gasteiger partial charge < -0.3 is 19.2 Å². The van der Waals surface area contributed by atoms with Crippen molar-refractivity contribution >= 4 is 15.9 Å². The summed E-state index contributed by atoms with van der Waals surface area (Å²) in [6.07, 6.45) is 0. The molecule has 1 aromatic carbocycles. The second-order valence-electron chi connectivity index (χ2n) is 4.86. The maximum Gasteiger partial charge on any atom is 0.169 e. The molecule has 2 rings (SSSR count). The molecule has 0 aliphatic carbocycles. The molecule has 0 fully saturated rings. The molecule has 0 saturated heterocycles. The molecule has 2 unspecified atom stereocenters. The summed E-state index contributed by atoms with van der Waals surface area (Å²) in [5, 5.41) is 3.50. The summed E-state index contributed by atoms with van der Waals surface area (Å²) in [6.45, 7) is 4.16. The van der Waals surface area contributed by atoms with Gasteiger partial charge in [-0.25, -0.2) is 0 Å². The fraction of sp³-hybridized carbons (Fsp3) is 0.375. The Bertz CT molecular complexity index is 597. The Labute approximate surface area is 133 Å². The largest absolute Gasteiger partial charge is 0.497 e. The van der Waals surface area contributed by atoms with E-state index in [0.29, 0.717) is 0 Å². The standard InChI is InChI=1S/C16H20BrNO3/c1-10(18-11(2)14-7-8-16(17)21-14)13-6-5-12(19-3)9-15(13)20-4/h5-11,18H,1-4H3. The fourth-order valence-corrected chi connectivity index (χ4v) is 2.60. The van der Waals surface area contributed by atoms with Crippen LogP contribution in [0.1, 0.15) is 37.3 Å². The van der Waals surface area contributed by atoms with Crippen molar-refractivity contribution in [2.45, 2.75) is 25.9 Å². The minimum Gasteiger partial charge on any atom is -0.497 e. The number of furan rings is 1. The lowest BCUT2D eigenvalue weighted by Gasteiger charge is -2.21. The normalized spacial score (nSPS) is 13.8. The zero-order chi connectivity index (χ0) is 15.4. The zero-order valence-electron chi connectivity index (χ0n) is 12.6. The summed E-state index contributed by atoms with van der Waals surface area (Å²) in [4.78, 5) is 0. The van der Waals surface area contributed by atoms with Gasteiger partial charge in [-0.05, 0) is 48.0 Å². The third-order valence-corrected chi connectivity index (χ3v) is 3.85. The summed E-state index contributed by atoms with van der Waals surface area (Å²) in [5.74, 6) is 2.48. The Morgan fingerprint density at radius 1 is 1.05 bits per heavy atom. The summed E-state index contributed by atoms with van der Waals surface area (Å²) in [6, 6.07) is 9.90. The van der Waals surface area contributed by atoms with E-state index in [0.717, 1.165) is 27.5 Å². The maximum absolute atomic E-state index is 5.58. The lowest BCUT2D eigenvalue weighted by Crippen LogP contribution is -2.22. The van der Waals surface area contributed by atoms with Crippen LogP contribution in [0.25, 0.3) is 0 Å². The first kappa shape index (κ1) is 15.9. The van der Waals surface area contributed by atoms with Gasteiger partial charge in [0.05, 0.1) is 20.3 Å². The Hall–Kier alpha value is -1.46. The van der Waals surface area contributed by atoms with Crippen LogP contribution in [-0.2, 0) is 0 Å². The molecule has 0 amide bonds. The van der Waals surface area contributed by atoms with Gasteiger partial charge in [-0.15, -0.1) is 0 Å². The van der Waals surface area contributed by atoms with Gasteiger partial charge in [0, 0.05) is 17.7 Å². The number of halogens is 1. The van der Waals surface area contributed by atoms with Gasteiger partial charge in [-0.2, -0.15) is 0 Å². The van der Waals surface area contributed by atoms with Crippen LogP contribution in [0, 0.1) is 0 Å². The highest BCUT2D eigenvalue weighted by molar-refractivity contribution is 9.10. The third kappa shape index (κ3) is 3.80. The molecule has 1 heterocycles. The molecule has 2 aromatic rings. The topological polar surface area (TPSA) is 43.6 Å². The van der Waals surface area contributed by atoms with E-state index in [9.17, 15) is 0 Å². The van der Waals surface area contributed by atoms with Gasteiger partial charge in [-0.3, -0.25) is 0 Å². The summed E-state index contributed by atoms with van der Waals surface area (Å²) < 4.78 is 17.0. The number of rotatable bonds is 6. The van der Waals surface area contributed by atoms with Crippen LogP contribution >= 0.6 is 15.9 Å². The molecule has 0 radical (unpaired) electrons. The number of hydrogen-bond donors (Lipinski definition) is 1. The van der Waals surface area contributed by atoms with Crippen LogP contribution < -0.4 is 14.8 Å². The number of nitrogens with one attached hydrogen (secondary N) is 1. The van der Waals surface area contributed by atoms with Crippen molar-refractivity contribution in [2.24, 2.45) is 0 Å². The molecule has 0 aliphatic rings. The van der Waals surface area contributed by atoms with Gasteiger partial charge in [0.2, 0.25) is 0 Å². The Balaban J connectivity index is 2.14. The maximum atomic E-state index is 5.58. The Kier molecular flexibility index (Phi) is 5.31. The highest BCUT2D eigenvalue weighted by atomic mass is 79.9. The average molecular weight is 354 g/mol. The molecule has 1 N–H and O–H groups in total. The van der Waals surface area contributed by atoms with Crippen LogP contribution in [0.15, 0.2) is 39.4 Å². The highest BCUT2D eigenvalue weighted by Gasteiger charge is 2.17. The van der Waals surface area contributed by atoms with Gasteiger partial charge >= 0.3 is 0 Å². The van der Waals surface area contributed by atoms with E-state index in [1.165, 1.54) is 0 Å². The minimum atomic E-state index is 0.0955. The summed E-state index contributed by atoms with van der Waals surface area (Å²) >= 11 is 3.32. The first-order valence-corrected chi connectivity index (χ1v) is 7.57. The Morgan fingerprint density at radius 3 is 2.38 bits per heavy atom. The van der Waals surface area contributed by atoms with Crippen molar-refractivity contribution in [2.75, 3.05) is 14.2 Å². The van der Waals surface area contributed by atoms with E-state index < -0.39 is 0 Å². The lowest BCUT2D eigenvalue weighted by molar-refractivity contribution is 0.370. The van der Waals surface area contributed by atoms with Crippen molar-refractivity contribution in [1.29, 1.82) is 0 Å². The zero-order valence-corrected chi connectivity index (χ0v) is 14.2. The third-order valence-electron chi connectivity index (χ3n) is 3.43. The van der Waals surface area contributed by atoms with Crippen molar-refractivity contribution in [3.63, 3.8) is 0 Å². The van der Waals surface area contributed by atoms with Gasteiger partial charge in [0.25, 0.3) is 0 Å². The van der Waals surface area contributed by atoms with E-state index in [-0.39, 0.29) is 12.1 Å². The molecule has 2 atom stereocenters. The Morgan fingerprint density at radius 2 is 1.81 bits per heavy atom. The number of ether oxygens (including phenoxy) is 2. The molecule has 0 bridgehead atoms. The molecule has 1 aromatic heterocycles. The second kappa shape index (κ2) is 7.00. The van der Waals surface area contributed by atoms with Crippen LogP contribution in [0.5, 0.6) is 11.5 Å². The van der Waals surface area contributed by atoms with Gasteiger partial charge in [0.1, 0.15) is 17.3 Å². The van der Waals surface area contributed by atoms with Crippen molar-refractivity contribution in [3.05, 3.63) is 46.3 Å².